The van der Waals surface area contributed by atoms with Crippen molar-refractivity contribution in [1.82, 2.24) is 20.4 Å². The van der Waals surface area contributed by atoms with E-state index in [4.69, 9.17) is 0 Å². The Labute approximate surface area is 168 Å². The van der Waals surface area contributed by atoms with Crippen molar-refractivity contribution in [2.24, 2.45) is 4.99 Å². The molecule has 1 aromatic rings. The first-order valence-corrected chi connectivity index (χ1v) is 9.28. The summed E-state index contributed by atoms with van der Waals surface area (Å²) in [5.74, 6) is 0.796. The molecule has 1 aliphatic carbocycles. The van der Waals surface area contributed by atoms with Crippen LogP contribution < -0.4 is 10.6 Å². The molecule has 0 amide bonds. The van der Waals surface area contributed by atoms with E-state index in [1.165, 1.54) is 12.1 Å². The summed E-state index contributed by atoms with van der Waals surface area (Å²) in [6, 6.07) is 2.10. The third-order valence-corrected chi connectivity index (χ3v) is 4.60. The van der Waals surface area contributed by atoms with Crippen LogP contribution >= 0.6 is 24.0 Å². The quantitative estimate of drug-likeness (QED) is 0.252. The van der Waals surface area contributed by atoms with Gasteiger partial charge in [-0.15, -0.1) is 24.0 Å². The molecule has 0 radical (unpaired) electrons. The fourth-order valence-corrected chi connectivity index (χ4v) is 3.27. The zero-order chi connectivity index (χ0) is 17.4. The molecule has 0 atom stereocenters. The van der Waals surface area contributed by atoms with Crippen LogP contribution in [0.4, 0.5) is 0 Å². The molecule has 1 aliphatic rings. The summed E-state index contributed by atoms with van der Waals surface area (Å²) in [5, 5.41) is 21.7. The lowest BCUT2D eigenvalue weighted by atomic mass is 9.85. The molecule has 2 rings (SSSR count). The van der Waals surface area contributed by atoms with Crippen molar-refractivity contribution in [3.8, 4) is 0 Å². The Bertz CT molecular complexity index is 538. The molecule has 0 spiro atoms. The first-order chi connectivity index (χ1) is 11.5. The second kappa shape index (κ2) is 11.0. The molecule has 6 nitrogen and oxygen atoms in total. The normalized spacial score (nSPS) is 17.0. The van der Waals surface area contributed by atoms with Gasteiger partial charge in [0.2, 0.25) is 0 Å². The summed E-state index contributed by atoms with van der Waals surface area (Å²) in [6.07, 6.45) is 6.17. The second-order valence-corrected chi connectivity index (χ2v) is 6.91. The van der Waals surface area contributed by atoms with E-state index in [9.17, 15) is 5.11 Å². The molecule has 1 aromatic heterocycles. The Hall–Kier alpha value is -0.830. The Kier molecular flexibility index (Phi) is 9.78. The minimum Gasteiger partial charge on any atom is -0.388 e. The molecular weight excluding hydrogens is 429 g/mol. The van der Waals surface area contributed by atoms with E-state index >= 15 is 0 Å². The molecule has 1 heterocycles. The molecule has 0 aliphatic heterocycles. The van der Waals surface area contributed by atoms with Crippen LogP contribution in [-0.4, -0.2) is 46.1 Å². The highest BCUT2D eigenvalue weighted by atomic mass is 127. The van der Waals surface area contributed by atoms with Crippen LogP contribution in [0, 0.1) is 13.8 Å². The molecule has 144 valence electrons. The highest BCUT2D eigenvalue weighted by Crippen LogP contribution is 2.28. The number of halogens is 1. The van der Waals surface area contributed by atoms with Crippen LogP contribution in [0.25, 0.3) is 0 Å². The van der Waals surface area contributed by atoms with E-state index in [0.717, 1.165) is 63.4 Å². The molecule has 7 heteroatoms. The highest BCUT2D eigenvalue weighted by molar-refractivity contribution is 14.0. The van der Waals surface area contributed by atoms with Crippen molar-refractivity contribution in [2.45, 2.75) is 71.4 Å². The van der Waals surface area contributed by atoms with Crippen LogP contribution in [-0.2, 0) is 6.54 Å². The van der Waals surface area contributed by atoms with Gasteiger partial charge in [0, 0.05) is 25.3 Å². The van der Waals surface area contributed by atoms with Gasteiger partial charge in [0.1, 0.15) is 0 Å². The average Bonchev–Trinajstić information content (AvgIpc) is 2.87. The van der Waals surface area contributed by atoms with Crippen LogP contribution in [0.2, 0.25) is 0 Å². The standard InChI is InChI=1S/C18H33N5O.HI/c1-4-19-17(21-14-18(24)9-6-5-7-10-18)20-11-8-12-23-16(3)13-15(2)22-23;/h13,24H,4-12,14H2,1-3H3,(H2,19,20,21);1H. The van der Waals surface area contributed by atoms with Gasteiger partial charge in [0.05, 0.1) is 17.8 Å². The van der Waals surface area contributed by atoms with Gasteiger partial charge in [0.25, 0.3) is 0 Å². The molecule has 0 saturated heterocycles. The molecule has 0 unspecified atom stereocenters. The number of aromatic nitrogens is 2. The molecular formula is C18H34IN5O. The summed E-state index contributed by atoms with van der Waals surface area (Å²) in [5.41, 5.74) is 1.66. The molecule has 0 bridgehead atoms. The lowest BCUT2D eigenvalue weighted by Crippen LogP contribution is -2.41. The van der Waals surface area contributed by atoms with E-state index in [2.05, 4.69) is 40.6 Å². The molecule has 3 N–H and O–H groups in total. The number of aliphatic hydroxyl groups is 1. The Morgan fingerprint density at radius 1 is 1.28 bits per heavy atom. The van der Waals surface area contributed by atoms with E-state index < -0.39 is 5.60 Å². The number of aryl methyl sites for hydroxylation is 3. The Morgan fingerprint density at radius 2 is 2.00 bits per heavy atom. The lowest BCUT2D eigenvalue weighted by Gasteiger charge is -2.30. The number of hydrogen-bond acceptors (Lipinski definition) is 3. The summed E-state index contributed by atoms with van der Waals surface area (Å²) in [4.78, 5) is 4.60. The number of nitrogens with one attached hydrogen (secondary N) is 2. The van der Waals surface area contributed by atoms with Gasteiger partial charge in [-0.25, -0.2) is 0 Å². The van der Waals surface area contributed by atoms with Crippen molar-refractivity contribution in [3.63, 3.8) is 0 Å². The summed E-state index contributed by atoms with van der Waals surface area (Å²) in [7, 11) is 0. The third kappa shape index (κ3) is 7.52. The molecule has 1 fully saturated rings. The van der Waals surface area contributed by atoms with Crippen molar-refractivity contribution in [1.29, 1.82) is 0 Å². The minimum atomic E-state index is -0.607. The van der Waals surface area contributed by atoms with Crippen LogP contribution in [0.1, 0.15) is 56.8 Å². The third-order valence-electron chi connectivity index (χ3n) is 4.60. The average molecular weight is 463 g/mol. The zero-order valence-corrected chi connectivity index (χ0v) is 18.2. The fraction of sp³-hybridized carbons (Fsp3) is 0.778. The van der Waals surface area contributed by atoms with Gasteiger partial charge < -0.3 is 15.7 Å². The van der Waals surface area contributed by atoms with Crippen molar-refractivity contribution in [3.05, 3.63) is 17.5 Å². The molecule has 1 saturated carbocycles. The first kappa shape index (κ1) is 22.2. The predicted octanol–water partition coefficient (Wildman–Crippen LogP) is 2.76. The van der Waals surface area contributed by atoms with Crippen LogP contribution in [0.15, 0.2) is 11.1 Å². The predicted molar refractivity (Wildman–Crippen MR) is 114 cm³/mol. The maximum atomic E-state index is 10.6. The topological polar surface area (TPSA) is 74.5 Å². The summed E-state index contributed by atoms with van der Waals surface area (Å²) in [6.45, 7) is 9.21. The second-order valence-electron chi connectivity index (χ2n) is 6.91. The summed E-state index contributed by atoms with van der Waals surface area (Å²) < 4.78 is 2.05. The van der Waals surface area contributed by atoms with Crippen LogP contribution in [0.5, 0.6) is 0 Å². The van der Waals surface area contributed by atoms with Gasteiger partial charge in [-0.1, -0.05) is 19.3 Å². The Morgan fingerprint density at radius 3 is 2.60 bits per heavy atom. The number of aliphatic imine (C=N–C) groups is 1. The summed E-state index contributed by atoms with van der Waals surface area (Å²) >= 11 is 0. The van der Waals surface area contributed by atoms with Gasteiger partial charge in [-0.2, -0.15) is 5.10 Å². The Balaban J connectivity index is 0.00000312. The fourth-order valence-electron chi connectivity index (χ4n) is 3.27. The largest absolute Gasteiger partial charge is 0.388 e. The monoisotopic (exact) mass is 463 g/mol. The molecule has 25 heavy (non-hydrogen) atoms. The van der Waals surface area contributed by atoms with Crippen molar-refractivity contribution >= 4 is 29.9 Å². The number of hydrogen-bond donors (Lipinski definition) is 3. The maximum Gasteiger partial charge on any atom is 0.191 e. The van der Waals surface area contributed by atoms with E-state index in [0.29, 0.717) is 6.54 Å². The van der Waals surface area contributed by atoms with Crippen molar-refractivity contribution in [2.75, 3.05) is 19.6 Å². The van der Waals surface area contributed by atoms with Gasteiger partial charge in [-0.05, 0) is 46.1 Å². The number of rotatable bonds is 7. The van der Waals surface area contributed by atoms with Gasteiger partial charge >= 0.3 is 0 Å². The van der Waals surface area contributed by atoms with E-state index in [1.807, 2.05) is 11.6 Å². The zero-order valence-electron chi connectivity index (χ0n) is 15.8. The van der Waals surface area contributed by atoms with Gasteiger partial charge in [0.15, 0.2) is 5.96 Å². The van der Waals surface area contributed by atoms with E-state index in [-0.39, 0.29) is 24.0 Å². The smallest absolute Gasteiger partial charge is 0.191 e. The minimum absolute atomic E-state index is 0. The SMILES string of the molecule is CCNC(=NCC1(O)CCCCC1)NCCCn1nc(C)cc1C.I. The maximum absolute atomic E-state index is 10.6. The highest BCUT2D eigenvalue weighted by Gasteiger charge is 2.28. The van der Waals surface area contributed by atoms with Crippen molar-refractivity contribution < 1.29 is 5.11 Å². The first-order valence-electron chi connectivity index (χ1n) is 9.28. The molecule has 0 aromatic carbocycles. The lowest BCUT2D eigenvalue weighted by molar-refractivity contribution is 0.0131. The van der Waals surface area contributed by atoms with Gasteiger partial charge in [-0.3, -0.25) is 9.67 Å². The van der Waals surface area contributed by atoms with Crippen LogP contribution in [0.3, 0.4) is 0 Å². The van der Waals surface area contributed by atoms with E-state index in [1.54, 1.807) is 0 Å². The number of nitrogens with zero attached hydrogens (tertiary/aromatic N) is 3. The number of guanidine groups is 1.